The van der Waals surface area contributed by atoms with Gasteiger partial charge in [0.25, 0.3) is 5.69 Å². The maximum Gasteiger partial charge on any atom is 0.269 e. The molecule has 0 bridgehead atoms. The molecule has 2 saturated heterocycles. The topological polar surface area (TPSA) is 166 Å². The van der Waals surface area contributed by atoms with Gasteiger partial charge in [-0.15, -0.1) is 0 Å². The first-order valence-corrected chi connectivity index (χ1v) is 11.0. The minimum atomic E-state index is -0.409. The molecular weight excluding hydrogens is 408 g/mol. The molecule has 4 rings (SSSR count). The van der Waals surface area contributed by atoms with Crippen LogP contribution in [0.2, 0.25) is 0 Å². The molecule has 0 unspecified atom stereocenters. The monoisotopic (exact) mass is 440 g/mol. The maximum absolute atomic E-state index is 10.9. The molecule has 0 aromatic heterocycles. The Labute approximate surface area is 187 Å². The molecule has 2 aliphatic heterocycles. The summed E-state index contributed by atoms with van der Waals surface area (Å²) in [7, 11) is 0. The van der Waals surface area contributed by atoms with Crippen molar-refractivity contribution in [2.24, 2.45) is 22.9 Å². The molecule has 2 fully saturated rings. The molecular formula is C22H32N8O2. The van der Waals surface area contributed by atoms with E-state index in [0.29, 0.717) is 0 Å². The van der Waals surface area contributed by atoms with Crippen molar-refractivity contribution in [2.45, 2.75) is 37.0 Å². The highest BCUT2D eigenvalue weighted by Crippen LogP contribution is 2.32. The summed E-state index contributed by atoms with van der Waals surface area (Å²) in [5.41, 5.74) is 28.7. The van der Waals surface area contributed by atoms with E-state index < -0.39 is 4.92 Å². The summed E-state index contributed by atoms with van der Waals surface area (Å²) < 4.78 is 0. The van der Waals surface area contributed by atoms with E-state index in [-0.39, 0.29) is 29.9 Å². The van der Waals surface area contributed by atoms with Crippen LogP contribution < -0.4 is 38.1 Å². The highest BCUT2D eigenvalue weighted by molar-refractivity contribution is 5.73. The van der Waals surface area contributed by atoms with Crippen LogP contribution >= 0.6 is 0 Å². The van der Waals surface area contributed by atoms with E-state index in [4.69, 9.17) is 22.9 Å². The Morgan fingerprint density at radius 2 is 1.19 bits per heavy atom. The number of hydrogen-bond donors (Lipinski definition) is 5. The van der Waals surface area contributed by atoms with Crippen molar-refractivity contribution in [3.05, 3.63) is 52.6 Å². The molecule has 0 aliphatic carbocycles. The van der Waals surface area contributed by atoms with Crippen LogP contribution in [0.15, 0.2) is 42.5 Å². The number of nitrogens with zero attached hydrogens (tertiary/aromatic N) is 3. The lowest BCUT2D eigenvalue weighted by molar-refractivity contribution is -0.384. The van der Waals surface area contributed by atoms with Crippen LogP contribution in [0.5, 0.6) is 0 Å². The zero-order chi connectivity index (χ0) is 22.8. The summed E-state index contributed by atoms with van der Waals surface area (Å²) in [5.74, 6) is 0. The third kappa shape index (κ3) is 5.28. The fourth-order valence-electron chi connectivity index (χ4n) is 4.64. The minimum Gasteiger partial charge on any atom is -0.368 e. The number of rotatable bonds is 5. The molecule has 4 atom stereocenters. The van der Waals surface area contributed by atoms with Gasteiger partial charge in [0.1, 0.15) is 0 Å². The number of benzene rings is 2. The van der Waals surface area contributed by atoms with Gasteiger partial charge in [-0.25, -0.2) is 0 Å². The second-order valence-corrected chi connectivity index (χ2v) is 8.99. The molecule has 0 saturated carbocycles. The van der Waals surface area contributed by atoms with Crippen molar-refractivity contribution in [3.8, 4) is 0 Å². The number of nitrogens with two attached hydrogens (primary N) is 4. The van der Waals surface area contributed by atoms with Gasteiger partial charge in [0.05, 0.1) is 4.92 Å². The van der Waals surface area contributed by atoms with Gasteiger partial charge in [-0.1, -0.05) is 0 Å². The van der Waals surface area contributed by atoms with E-state index in [1.807, 2.05) is 0 Å². The molecule has 2 heterocycles. The SMILES string of the molecule is N[C@@H]1C[C@H](N)CN(c2cc(Nc3ccc([N+](=O)[O-])cc3)cc(N3C[C@H](N)C[C@H](N)C3)c2)C1. The van der Waals surface area contributed by atoms with Crippen molar-refractivity contribution >= 4 is 28.4 Å². The lowest BCUT2D eigenvalue weighted by atomic mass is 10.00. The fraction of sp³-hybridized carbons (Fsp3) is 0.455. The van der Waals surface area contributed by atoms with Crippen molar-refractivity contribution in [2.75, 3.05) is 41.3 Å². The molecule has 0 spiro atoms. The maximum atomic E-state index is 10.9. The predicted octanol–water partition coefficient (Wildman–Crippen LogP) is 1.07. The Bertz CT molecular complexity index is 889. The molecule has 0 radical (unpaired) electrons. The normalized spacial score (nSPS) is 26.1. The molecule has 0 amide bonds. The van der Waals surface area contributed by atoms with Gasteiger partial charge in [-0.2, -0.15) is 0 Å². The van der Waals surface area contributed by atoms with Crippen molar-refractivity contribution in [1.29, 1.82) is 0 Å². The van der Waals surface area contributed by atoms with Crippen LogP contribution in [-0.4, -0.2) is 55.3 Å². The molecule has 10 heteroatoms. The first kappa shape index (κ1) is 22.3. The van der Waals surface area contributed by atoms with Gasteiger partial charge in [0.2, 0.25) is 0 Å². The number of anilines is 4. The average molecular weight is 441 g/mol. The van der Waals surface area contributed by atoms with Crippen LogP contribution in [-0.2, 0) is 0 Å². The van der Waals surface area contributed by atoms with E-state index in [0.717, 1.165) is 61.8 Å². The first-order valence-electron chi connectivity index (χ1n) is 11.0. The first-order chi connectivity index (χ1) is 15.3. The average Bonchev–Trinajstić information content (AvgIpc) is 2.72. The van der Waals surface area contributed by atoms with Gasteiger partial charge in [-0.05, 0) is 43.2 Å². The number of nitrogens with one attached hydrogen (secondary N) is 1. The van der Waals surface area contributed by atoms with Crippen molar-refractivity contribution in [1.82, 2.24) is 0 Å². The number of hydrogen-bond acceptors (Lipinski definition) is 9. The zero-order valence-corrected chi connectivity index (χ0v) is 18.1. The van der Waals surface area contributed by atoms with Crippen LogP contribution in [0.4, 0.5) is 28.4 Å². The summed E-state index contributed by atoms with van der Waals surface area (Å²) in [6.45, 7) is 2.92. The molecule has 2 aromatic carbocycles. The van der Waals surface area contributed by atoms with E-state index in [1.165, 1.54) is 12.1 Å². The highest BCUT2D eigenvalue weighted by Gasteiger charge is 2.26. The molecule has 10 nitrogen and oxygen atoms in total. The Hall–Kier alpha value is -2.92. The number of nitro benzene ring substituents is 1. The van der Waals surface area contributed by atoms with Gasteiger partial charge in [-0.3, -0.25) is 10.1 Å². The standard InChI is InChI=1S/C22H32N8O2/c23-14-5-15(24)11-28(10-14)21-7-19(27-18-1-3-20(4-2-18)30(31)32)8-22(9-21)29-12-16(25)6-17(26)13-29/h1-4,7-9,14-17,27H,5-6,10-13,23-26H2/t14-,15+,16-,17+. The van der Waals surface area contributed by atoms with E-state index in [1.54, 1.807) is 12.1 Å². The predicted molar refractivity (Wildman–Crippen MR) is 128 cm³/mol. The fourth-order valence-corrected chi connectivity index (χ4v) is 4.64. The van der Waals surface area contributed by atoms with E-state index in [9.17, 15) is 10.1 Å². The Morgan fingerprint density at radius 1 is 0.750 bits per heavy atom. The van der Waals surface area contributed by atoms with Crippen LogP contribution in [0.25, 0.3) is 0 Å². The van der Waals surface area contributed by atoms with Crippen LogP contribution in [0.3, 0.4) is 0 Å². The lowest BCUT2D eigenvalue weighted by Gasteiger charge is -2.39. The summed E-state index contributed by atoms with van der Waals surface area (Å²) in [5, 5.41) is 14.3. The van der Waals surface area contributed by atoms with Gasteiger partial charge in [0.15, 0.2) is 0 Å². The molecule has 172 valence electrons. The third-order valence-electron chi connectivity index (χ3n) is 6.03. The smallest absolute Gasteiger partial charge is 0.269 e. The van der Waals surface area contributed by atoms with Crippen LogP contribution in [0, 0.1) is 10.1 Å². The van der Waals surface area contributed by atoms with Gasteiger partial charge in [0, 0.05) is 85.2 Å². The second kappa shape index (κ2) is 9.29. The third-order valence-corrected chi connectivity index (χ3v) is 6.03. The molecule has 2 aromatic rings. The van der Waals surface area contributed by atoms with Crippen LogP contribution in [0.1, 0.15) is 12.8 Å². The highest BCUT2D eigenvalue weighted by atomic mass is 16.6. The number of non-ortho nitro benzene ring substituents is 1. The summed E-state index contributed by atoms with van der Waals surface area (Å²) >= 11 is 0. The Morgan fingerprint density at radius 3 is 1.59 bits per heavy atom. The second-order valence-electron chi connectivity index (χ2n) is 8.99. The van der Waals surface area contributed by atoms with Gasteiger partial charge >= 0.3 is 0 Å². The number of piperidine rings is 2. The summed E-state index contributed by atoms with van der Waals surface area (Å²) in [4.78, 5) is 15.0. The summed E-state index contributed by atoms with van der Waals surface area (Å²) in [6.07, 6.45) is 1.61. The molecule has 32 heavy (non-hydrogen) atoms. The van der Waals surface area contributed by atoms with E-state index >= 15 is 0 Å². The molecule has 9 N–H and O–H groups in total. The quantitative estimate of drug-likeness (QED) is 0.337. The lowest BCUT2D eigenvalue weighted by Crippen LogP contribution is -2.53. The largest absolute Gasteiger partial charge is 0.368 e. The van der Waals surface area contributed by atoms with Crippen molar-refractivity contribution in [3.63, 3.8) is 0 Å². The Kier molecular flexibility index (Phi) is 6.47. The van der Waals surface area contributed by atoms with Crippen molar-refractivity contribution < 1.29 is 4.92 Å². The molecule has 2 aliphatic rings. The van der Waals surface area contributed by atoms with E-state index in [2.05, 4.69) is 33.3 Å². The zero-order valence-electron chi connectivity index (χ0n) is 18.1. The summed E-state index contributed by atoms with van der Waals surface area (Å²) in [6, 6.07) is 12.7. The number of nitro groups is 1. The van der Waals surface area contributed by atoms with Gasteiger partial charge < -0.3 is 38.1 Å². The minimum absolute atomic E-state index is 0.0188. The Balaban J connectivity index is 1.65.